The molecule has 5 rings (SSSR count). The van der Waals surface area contributed by atoms with Gasteiger partial charge >= 0.3 is 12.1 Å². The van der Waals surface area contributed by atoms with Gasteiger partial charge < -0.3 is 38.4 Å². The van der Waals surface area contributed by atoms with Crippen LogP contribution in [0.1, 0.15) is 65.5 Å². The molecule has 0 spiro atoms. The number of anilines is 1. The van der Waals surface area contributed by atoms with Crippen LogP contribution in [0.3, 0.4) is 0 Å². The molecule has 0 unspecified atom stereocenters. The van der Waals surface area contributed by atoms with Gasteiger partial charge in [0.25, 0.3) is 0 Å². The lowest BCUT2D eigenvalue weighted by Gasteiger charge is -2.42. The van der Waals surface area contributed by atoms with E-state index in [1.165, 1.54) is 19.1 Å². The third-order valence-electron chi connectivity index (χ3n) is 10.4. The number of aliphatic hydroxyl groups is 1. The first-order valence-electron chi connectivity index (χ1n) is 17.9. The Kier molecular flexibility index (Phi) is 11.9. The van der Waals surface area contributed by atoms with Gasteiger partial charge in [-0.25, -0.2) is 9.59 Å². The van der Waals surface area contributed by atoms with Gasteiger partial charge in [-0.3, -0.25) is 10.1 Å². The van der Waals surface area contributed by atoms with E-state index in [0.717, 1.165) is 22.3 Å². The van der Waals surface area contributed by atoms with Gasteiger partial charge in [0.05, 0.1) is 25.3 Å². The van der Waals surface area contributed by atoms with Gasteiger partial charge in [0.1, 0.15) is 40.4 Å². The second-order valence-corrected chi connectivity index (χ2v) is 15.5. The number of halogens is 1. The van der Waals surface area contributed by atoms with Gasteiger partial charge in [-0.2, -0.15) is 0 Å². The molecule has 3 aliphatic rings. The van der Waals surface area contributed by atoms with E-state index in [2.05, 4.69) is 11.9 Å². The quantitative estimate of drug-likeness (QED) is 0.235. The summed E-state index contributed by atoms with van der Waals surface area (Å²) >= 11 is 6.78. The SMILES string of the molecule is C=C(C)c1ccc(OC(C)(C)C(=O)O[C@H]2CC(=O)N(C)c3cc(cc(OC)c3Cl)C/C(C)=C/C=C/[C@@H](OC)[C@@]3(O)C[C@H](OC(=O)N3)[C@@H](C)[C@@H]3O[C@@]23C)cc1. The van der Waals surface area contributed by atoms with Gasteiger partial charge in [-0.15, -0.1) is 0 Å². The van der Waals surface area contributed by atoms with E-state index in [0.29, 0.717) is 23.6 Å². The van der Waals surface area contributed by atoms with Gasteiger partial charge in [0, 0.05) is 26.5 Å². The first-order chi connectivity index (χ1) is 25.3. The highest BCUT2D eigenvalue weighted by atomic mass is 35.5. The highest BCUT2D eigenvalue weighted by Crippen LogP contribution is 2.49. The highest BCUT2D eigenvalue weighted by molar-refractivity contribution is 6.35. The number of amides is 2. The number of hydrogen-bond donors (Lipinski definition) is 2. The number of allylic oxidation sites excluding steroid dienone is 4. The van der Waals surface area contributed by atoms with E-state index in [1.54, 1.807) is 58.2 Å². The Labute approximate surface area is 322 Å². The molecule has 0 aromatic heterocycles. The Balaban J connectivity index is 1.53. The van der Waals surface area contributed by atoms with Crippen LogP contribution in [0.15, 0.2) is 66.8 Å². The van der Waals surface area contributed by atoms with Crippen LogP contribution in [0, 0.1) is 5.92 Å². The van der Waals surface area contributed by atoms with Crippen LogP contribution in [0.2, 0.25) is 5.02 Å². The van der Waals surface area contributed by atoms with E-state index in [-0.39, 0.29) is 17.9 Å². The molecule has 3 heterocycles. The molecule has 2 amide bonds. The van der Waals surface area contributed by atoms with Crippen LogP contribution in [-0.2, 0) is 35.0 Å². The number of ether oxygens (including phenoxy) is 6. The molecule has 2 fully saturated rings. The number of nitrogens with zero attached hydrogens (tertiary/aromatic N) is 1. The smallest absolute Gasteiger partial charge is 0.409 e. The molecule has 7 atom stereocenters. The number of alkyl carbamates (subject to hydrolysis) is 1. The maximum atomic E-state index is 14.2. The number of esters is 1. The number of benzene rings is 2. The van der Waals surface area contributed by atoms with Crippen molar-refractivity contribution in [2.24, 2.45) is 5.92 Å². The maximum absolute atomic E-state index is 14.2. The number of rotatable bonds is 7. The van der Waals surface area contributed by atoms with Crippen LogP contribution in [0.4, 0.5) is 10.5 Å². The number of carbonyl (C=O) groups excluding carboxylic acids is 3. The number of nitrogens with one attached hydrogen (secondary N) is 1. The van der Waals surface area contributed by atoms with Gasteiger partial charge in [0.15, 0.2) is 11.3 Å². The van der Waals surface area contributed by atoms with Crippen molar-refractivity contribution >= 4 is 40.8 Å². The third kappa shape index (κ3) is 8.62. The molecule has 2 aromatic carbocycles. The predicted octanol–water partition coefficient (Wildman–Crippen LogP) is 6.56. The Bertz CT molecular complexity index is 1840. The van der Waals surface area contributed by atoms with E-state index in [4.69, 9.17) is 40.0 Å². The molecule has 2 saturated heterocycles. The van der Waals surface area contributed by atoms with Crippen LogP contribution in [-0.4, -0.2) is 85.7 Å². The Hall–Kier alpha value is -4.36. The van der Waals surface area contributed by atoms with Crippen molar-refractivity contribution in [1.82, 2.24) is 5.32 Å². The Morgan fingerprint density at radius 3 is 2.48 bits per heavy atom. The normalized spacial score (nSPS) is 30.5. The first kappa shape index (κ1) is 40.8. The second kappa shape index (κ2) is 15.8. The summed E-state index contributed by atoms with van der Waals surface area (Å²) in [5.74, 6) is -0.831. The number of hydrogen-bond acceptors (Lipinski definition) is 10. The first-order valence-corrected chi connectivity index (χ1v) is 18.2. The predicted molar refractivity (Wildman–Crippen MR) is 205 cm³/mol. The summed E-state index contributed by atoms with van der Waals surface area (Å²) in [4.78, 5) is 42.5. The summed E-state index contributed by atoms with van der Waals surface area (Å²) in [7, 11) is 4.53. The fourth-order valence-electron chi connectivity index (χ4n) is 7.02. The van der Waals surface area contributed by atoms with E-state index in [9.17, 15) is 19.5 Å². The molecule has 0 saturated carbocycles. The van der Waals surface area contributed by atoms with Crippen molar-refractivity contribution in [2.45, 2.75) is 102 Å². The lowest BCUT2D eigenvalue weighted by molar-refractivity contribution is -0.169. The van der Waals surface area contributed by atoms with Crippen LogP contribution < -0.4 is 19.7 Å². The molecule has 4 bridgehead atoms. The molecule has 0 radical (unpaired) electrons. The summed E-state index contributed by atoms with van der Waals surface area (Å²) in [5.41, 5.74) is -0.518. The topological polar surface area (TPSA) is 145 Å². The molecule has 54 heavy (non-hydrogen) atoms. The fourth-order valence-corrected chi connectivity index (χ4v) is 7.33. The lowest BCUT2D eigenvalue weighted by atomic mass is 9.83. The molecule has 3 aliphatic heterocycles. The molecule has 12 nitrogen and oxygen atoms in total. The number of methoxy groups -OCH3 is 2. The zero-order valence-corrected chi connectivity index (χ0v) is 33.1. The Morgan fingerprint density at radius 1 is 1.17 bits per heavy atom. The third-order valence-corrected chi connectivity index (χ3v) is 10.8. The lowest BCUT2D eigenvalue weighted by Crippen LogP contribution is -2.63. The van der Waals surface area contributed by atoms with Crippen molar-refractivity contribution < 1.29 is 47.9 Å². The van der Waals surface area contributed by atoms with E-state index < -0.39 is 65.2 Å². The van der Waals surface area contributed by atoms with Crippen molar-refractivity contribution in [2.75, 3.05) is 26.2 Å². The average Bonchev–Trinajstić information content (AvgIpc) is 3.81. The van der Waals surface area contributed by atoms with E-state index >= 15 is 0 Å². The molecular weight excluding hydrogens is 716 g/mol. The number of fused-ring (bicyclic) bond motifs is 5. The second-order valence-electron chi connectivity index (χ2n) is 15.1. The average molecular weight is 767 g/mol. The standard InChI is InChI=1S/C41H51ClN2O10/c1-23(2)27-14-16-28(17-15-27)53-39(5,6)37(46)52-33-21-34(45)44(8)29-19-26(20-30(49-9)35(29)42)18-24(3)12-11-13-32(50-10)41(48)22-31(51-38(47)43-41)25(4)36-40(33,7)54-36/h11-17,19-20,25,31-33,36,48H,1,18,21-22H2,2-10H3,(H,43,47)/b13-11+,24-12+/t25-,31+,32-,33+,36+,40+,41+/m1/s1. The number of carbonyl (C=O) groups is 3. The summed E-state index contributed by atoms with van der Waals surface area (Å²) in [5, 5.41) is 14.5. The van der Waals surface area contributed by atoms with Crippen LogP contribution >= 0.6 is 11.6 Å². The van der Waals surface area contributed by atoms with Crippen LogP contribution in [0.5, 0.6) is 11.5 Å². The maximum Gasteiger partial charge on any atom is 0.409 e. The van der Waals surface area contributed by atoms with Gasteiger partial charge in [-0.05, 0) is 76.4 Å². The minimum absolute atomic E-state index is 0.0390. The minimum Gasteiger partial charge on any atom is -0.495 e. The summed E-state index contributed by atoms with van der Waals surface area (Å²) in [6.45, 7) is 14.5. The largest absolute Gasteiger partial charge is 0.495 e. The van der Waals surface area contributed by atoms with Crippen molar-refractivity contribution in [3.63, 3.8) is 0 Å². The molecule has 292 valence electrons. The Morgan fingerprint density at radius 2 is 1.85 bits per heavy atom. The van der Waals surface area contributed by atoms with Gasteiger partial charge in [0.2, 0.25) is 5.91 Å². The zero-order chi connectivity index (χ0) is 39.7. The summed E-state index contributed by atoms with van der Waals surface area (Å²) < 4.78 is 35.5. The van der Waals surface area contributed by atoms with E-state index in [1.807, 2.05) is 45.0 Å². The monoisotopic (exact) mass is 766 g/mol. The summed E-state index contributed by atoms with van der Waals surface area (Å²) in [6.07, 6.45) is 1.07. The molecule has 13 heteroatoms. The fraction of sp³-hybridized carbons (Fsp3) is 0.488. The molecule has 0 aliphatic carbocycles. The van der Waals surface area contributed by atoms with Gasteiger partial charge in [-0.1, -0.05) is 66.6 Å². The highest BCUT2D eigenvalue weighted by Gasteiger charge is 2.64. The molecule has 2 N–H and O–H groups in total. The molecular formula is C41H51ClN2O10. The minimum atomic E-state index is -1.82. The summed E-state index contributed by atoms with van der Waals surface area (Å²) in [6, 6.07) is 10.8. The number of epoxide rings is 1. The van der Waals surface area contributed by atoms with Crippen molar-refractivity contribution in [1.29, 1.82) is 0 Å². The molecule has 2 aromatic rings. The van der Waals surface area contributed by atoms with Crippen molar-refractivity contribution in [3.05, 3.63) is 82.9 Å². The zero-order valence-electron chi connectivity index (χ0n) is 32.4. The van der Waals surface area contributed by atoms with Crippen LogP contribution in [0.25, 0.3) is 5.57 Å². The van der Waals surface area contributed by atoms with Crippen molar-refractivity contribution in [3.8, 4) is 11.5 Å².